The van der Waals surface area contributed by atoms with Crippen LogP contribution in [0.2, 0.25) is 5.02 Å². The molecule has 0 bridgehead atoms. The predicted octanol–water partition coefficient (Wildman–Crippen LogP) is 5.17. The molecule has 3 aromatic rings. The highest BCUT2D eigenvalue weighted by atomic mass is 35.5. The van der Waals surface area contributed by atoms with Gasteiger partial charge in [0, 0.05) is 17.9 Å². The van der Waals surface area contributed by atoms with E-state index < -0.39 is 6.10 Å². The van der Waals surface area contributed by atoms with E-state index in [1.54, 1.807) is 0 Å². The van der Waals surface area contributed by atoms with Crippen molar-refractivity contribution < 1.29 is 14.9 Å². The highest BCUT2D eigenvalue weighted by Gasteiger charge is 2.29. The topological polar surface area (TPSA) is 49.7 Å². The molecule has 4 rings (SSSR count). The summed E-state index contributed by atoms with van der Waals surface area (Å²) < 4.78 is 5.95. The van der Waals surface area contributed by atoms with Crippen LogP contribution in [0.5, 0.6) is 0 Å². The van der Waals surface area contributed by atoms with E-state index >= 15 is 0 Å². The molecule has 3 aromatic carbocycles. The van der Waals surface area contributed by atoms with Crippen LogP contribution in [-0.2, 0) is 11.2 Å². The number of hydrogen-bond donors (Lipinski definition) is 2. The Hall–Kier alpha value is -2.17. The molecule has 29 heavy (non-hydrogen) atoms. The molecule has 3 atom stereocenters. The third kappa shape index (κ3) is 4.88. The van der Waals surface area contributed by atoms with Gasteiger partial charge in [-0.1, -0.05) is 78.3 Å². The Morgan fingerprint density at radius 1 is 0.897 bits per heavy atom. The van der Waals surface area contributed by atoms with E-state index in [0.29, 0.717) is 12.8 Å². The second-order valence-electron chi connectivity index (χ2n) is 7.65. The lowest BCUT2D eigenvalue weighted by Crippen LogP contribution is -2.33. The van der Waals surface area contributed by atoms with Gasteiger partial charge < -0.3 is 14.9 Å². The number of ether oxygens (including phenoxy) is 1. The Morgan fingerprint density at radius 3 is 2.34 bits per heavy atom. The molecule has 4 heteroatoms. The molecule has 3 unspecified atom stereocenters. The van der Waals surface area contributed by atoms with Crippen molar-refractivity contribution >= 4 is 11.6 Å². The lowest BCUT2D eigenvalue weighted by Gasteiger charge is -2.32. The maximum absolute atomic E-state index is 10.1. The molecule has 1 aliphatic heterocycles. The van der Waals surface area contributed by atoms with E-state index in [9.17, 15) is 10.2 Å². The SMILES string of the molecule is OCC1CC(O)CC(c2ccc(Cl)c(Cc3ccc(-c4ccccc4)cc3)c2)O1. The Morgan fingerprint density at radius 2 is 1.62 bits per heavy atom. The van der Waals surface area contributed by atoms with Crippen LogP contribution >= 0.6 is 11.6 Å². The molecule has 3 nitrogen and oxygen atoms in total. The largest absolute Gasteiger partial charge is 0.394 e. The first-order valence-corrected chi connectivity index (χ1v) is 10.4. The van der Waals surface area contributed by atoms with E-state index in [-0.39, 0.29) is 18.8 Å². The average molecular weight is 409 g/mol. The molecular formula is C25H25ClO3. The second kappa shape index (κ2) is 9.10. The molecule has 0 amide bonds. The summed E-state index contributed by atoms with van der Waals surface area (Å²) in [5, 5.41) is 20.2. The fourth-order valence-corrected chi connectivity index (χ4v) is 4.10. The monoisotopic (exact) mass is 408 g/mol. The number of aliphatic hydroxyl groups is 2. The molecule has 0 saturated carbocycles. The van der Waals surface area contributed by atoms with E-state index in [2.05, 4.69) is 42.5 Å². The molecule has 0 radical (unpaired) electrons. The van der Waals surface area contributed by atoms with Crippen molar-refractivity contribution in [1.82, 2.24) is 0 Å². The number of hydrogen-bond acceptors (Lipinski definition) is 3. The molecule has 1 heterocycles. The highest BCUT2D eigenvalue weighted by molar-refractivity contribution is 6.31. The van der Waals surface area contributed by atoms with Crippen LogP contribution in [-0.4, -0.2) is 29.0 Å². The van der Waals surface area contributed by atoms with Gasteiger partial charge in [-0.25, -0.2) is 0 Å². The third-order valence-corrected chi connectivity index (χ3v) is 5.85. The fraction of sp³-hybridized carbons (Fsp3) is 0.280. The Labute approximate surface area is 176 Å². The van der Waals surface area contributed by atoms with Gasteiger partial charge in [0.15, 0.2) is 0 Å². The third-order valence-electron chi connectivity index (χ3n) is 5.48. The summed E-state index contributed by atoms with van der Waals surface area (Å²) in [7, 11) is 0. The van der Waals surface area contributed by atoms with Gasteiger partial charge in [0.25, 0.3) is 0 Å². The molecule has 1 fully saturated rings. The van der Waals surface area contributed by atoms with Gasteiger partial charge in [-0.2, -0.15) is 0 Å². The maximum Gasteiger partial charge on any atom is 0.0854 e. The second-order valence-corrected chi connectivity index (χ2v) is 8.05. The first-order valence-electron chi connectivity index (χ1n) is 9.99. The van der Waals surface area contributed by atoms with Gasteiger partial charge in [-0.3, -0.25) is 0 Å². The smallest absolute Gasteiger partial charge is 0.0854 e. The van der Waals surface area contributed by atoms with Crippen molar-refractivity contribution in [3.05, 3.63) is 94.5 Å². The van der Waals surface area contributed by atoms with Gasteiger partial charge in [0.2, 0.25) is 0 Å². The minimum absolute atomic E-state index is 0.0816. The van der Waals surface area contributed by atoms with Crippen LogP contribution < -0.4 is 0 Å². The summed E-state index contributed by atoms with van der Waals surface area (Å²) in [5.41, 5.74) is 5.59. The van der Waals surface area contributed by atoms with Crippen LogP contribution in [0.4, 0.5) is 0 Å². The van der Waals surface area contributed by atoms with E-state index in [1.165, 1.54) is 16.7 Å². The first-order chi connectivity index (χ1) is 14.1. The van der Waals surface area contributed by atoms with Crippen molar-refractivity contribution in [3.8, 4) is 11.1 Å². The quantitative estimate of drug-likeness (QED) is 0.612. The molecule has 150 valence electrons. The number of rotatable bonds is 5. The van der Waals surface area contributed by atoms with E-state index in [1.807, 2.05) is 30.3 Å². The number of benzene rings is 3. The van der Waals surface area contributed by atoms with E-state index in [4.69, 9.17) is 16.3 Å². The van der Waals surface area contributed by atoms with Gasteiger partial charge in [-0.05, 0) is 40.3 Å². The van der Waals surface area contributed by atoms with Crippen molar-refractivity contribution in [1.29, 1.82) is 0 Å². The Balaban J connectivity index is 1.52. The van der Waals surface area contributed by atoms with Crippen molar-refractivity contribution in [2.24, 2.45) is 0 Å². The zero-order valence-corrected chi connectivity index (χ0v) is 16.9. The molecule has 1 saturated heterocycles. The summed E-state index contributed by atoms with van der Waals surface area (Å²) in [4.78, 5) is 0. The van der Waals surface area contributed by atoms with Gasteiger partial charge in [-0.15, -0.1) is 0 Å². The number of halogens is 1. The lowest BCUT2D eigenvalue weighted by atomic mass is 9.93. The average Bonchev–Trinajstić information content (AvgIpc) is 2.76. The van der Waals surface area contributed by atoms with Crippen molar-refractivity contribution in [2.45, 2.75) is 37.6 Å². The summed E-state index contributed by atoms with van der Waals surface area (Å²) in [6.07, 6.45) is 0.710. The minimum atomic E-state index is -0.462. The molecule has 0 spiro atoms. The van der Waals surface area contributed by atoms with Gasteiger partial charge >= 0.3 is 0 Å². The zero-order valence-electron chi connectivity index (χ0n) is 16.2. The fourth-order valence-electron chi connectivity index (χ4n) is 3.92. The standard InChI is InChI=1S/C25H25ClO3/c26-24-11-10-20(25-15-22(28)14-23(16-27)29-25)13-21(24)12-17-6-8-19(9-7-17)18-4-2-1-3-5-18/h1-11,13,22-23,25,27-28H,12,14-16H2. The molecule has 0 aromatic heterocycles. The molecule has 2 N–H and O–H groups in total. The summed E-state index contributed by atoms with van der Waals surface area (Å²) in [6.45, 7) is -0.0816. The van der Waals surface area contributed by atoms with Crippen LogP contribution in [0, 0.1) is 0 Å². The minimum Gasteiger partial charge on any atom is -0.394 e. The van der Waals surface area contributed by atoms with Crippen molar-refractivity contribution in [2.75, 3.05) is 6.61 Å². The Bertz CT molecular complexity index is 940. The zero-order chi connectivity index (χ0) is 20.2. The molecular weight excluding hydrogens is 384 g/mol. The highest BCUT2D eigenvalue weighted by Crippen LogP contribution is 2.34. The van der Waals surface area contributed by atoms with Crippen LogP contribution in [0.3, 0.4) is 0 Å². The Kier molecular flexibility index (Phi) is 6.31. The van der Waals surface area contributed by atoms with Crippen molar-refractivity contribution in [3.63, 3.8) is 0 Å². The van der Waals surface area contributed by atoms with Crippen LogP contribution in [0.25, 0.3) is 11.1 Å². The molecule has 0 aliphatic carbocycles. The first kappa shape index (κ1) is 20.1. The van der Waals surface area contributed by atoms with Gasteiger partial charge in [0.05, 0.1) is 24.9 Å². The predicted molar refractivity (Wildman–Crippen MR) is 116 cm³/mol. The molecule has 1 aliphatic rings. The van der Waals surface area contributed by atoms with Crippen LogP contribution in [0.15, 0.2) is 72.8 Å². The van der Waals surface area contributed by atoms with Gasteiger partial charge in [0.1, 0.15) is 0 Å². The number of aliphatic hydroxyl groups excluding tert-OH is 2. The summed E-state index contributed by atoms with van der Waals surface area (Å²) >= 11 is 6.47. The van der Waals surface area contributed by atoms with Crippen LogP contribution in [0.1, 0.15) is 35.6 Å². The summed E-state index contributed by atoms with van der Waals surface area (Å²) in [6, 6.07) is 24.7. The lowest BCUT2D eigenvalue weighted by molar-refractivity contribution is -0.113. The maximum atomic E-state index is 10.1. The normalized spacial score (nSPS) is 21.8. The summed E-state index contributed by atoms with van der Waals surface area (Å²) in [5.74, 6) is 0. The van der Waals surface area contributed by atoms with E-state index in [0.717, 1.165) is 22.6 Å².